The van der Waals surface area contributed by atoms with Crippen LogP contribution in [0.2, 0.25) is 0 Å². The van der Waals surface area contributed by atoms with Crippen LogP contribution in [0.4, 0.5) is 0 Å². The highest BCUT2D eigenvalue weighted by molar-refractivity contribution is 5.80. The van der Waals surface area contributed by atoms with Gasteiger partial charge in [0.15, 0.2) is 5.82 Å². The first-order valence-electron chi connectivity index (χ1n) is 6.42. The Morgan fingerprint density at radius 3 is 3.05 bits per heavy atom. The summed E-state index contributed by atoms with van der Waals surface area (Å²) in [6, 6.07) is 0. The molecule has 1 aliphatic rings. The van der Waals surface area contributed by atoms with Gasteiger partial charge in [0.2, 0.25) is 11.8 Å². The van der Waals surface area contributed by atoms with Gasteiger partial charge in [0.1, 0.15) is 0 Å². The zero-order valence-corrected chi connectivity index (χ0v) is 10.8. The fourth-order valence-electron chi connectivity index (χ4n) is 2.11. The van der Waals surface area contributed by atoms with Crippen molar-refractivity contribution < 1.29 is 19.2 Å². The maximum atomic E-state index is 11.7. The number of carbonyl (C=O) groups is 2. The quantitative estimate of drug-likeness (QED) is 0.849. The summed E-state index contributed by atoms with van der Waals surface area (Å²) >= 11 is 0. The van der Waals surface area contributed by atoms with Gasteiger partial charge in [-0.1, -0.05) is 12.1 Å². The van der Waals surface area contributed by atoms with E-state index in [1.54, 1.807) is 0 Å². The molecule has 104 valence electrons. The third kappa shape index (κ3) is 3.30. The fraction of sp³-hybridized carbons (Fsp3) is 0.667. The molecule has 2 rings (SSSR count). The molecule has 2 heterocycles. The van der Waals surface area contributed by atoms with Gasteiger partial charge in [-0.3, -0.25) is 9.59 Å². The number of nitrogens with zero attached hydrogens (tertiary/aromatic N) is 3. The number of piperidine rings is 1. The largest absolute Gasteiger partial charge is 0.481 e. The summed E-state index contributed by atoms with van der Waals surface area (Å²) in [5, 5.41) is 12.8. The maximum Gasteiger partial charge on any atom is 0.308 e. The third-order valence-electron chi connectivity index (χ3n) is 3.16. The molecule has 0 spiro atoms. The zero-order chi connectivity index (χ0) is 13.8. The third-order valence-corrected chi connectivity index (χ3v) is 3.16. The molecule has 1 amide bonds. The molecule has 0 aliphatic carbocycles. The van der Waals surface area contributed by atoms with Crippen LogP contribution in [-0.4, -0.2) is 38.6 Å². The minimum absolute atomic E-state index is 0.0562. The average Bonchev–Trinajstić information content (AvgIpc) is 2.80. The highest BCUT2D eigenvalue weighted by atomic mass is 16.5. The van der Waals surface area contributed by atoms with E-state index >= 15 is 0 Å². The molecule has 1 N–H and O–H groups in total. The van der Waals surface area contributed by atoms with Crippen LogP contribution in [0.3, 0.4) is 0 Å². The minimum Gasteiger partial charge on any atom is -0.481 e. The van der Waals surface area contributed by atoms with Crippen LogP contribution in [0.15, 0.2) is 4.52 Å². The van der Waals surface area contributed by atoms with Gasteiger partial charge in [-0.25, -0.2) is 0 Å². The van der Waals surface area contributed by atoms with Gasteiger partial charge in [0, 0.05) is 19.4 Å². The SMILES string of the molecule is CCCc1nc(CN2CC(C(=O)O)CCC2=O)no1. The second kappa shape index (κ2) is 5.81. The molecule has 1 saturated heterocycles. The Hall–Kier alpha value is -1.92. The zero-order valence-electron chi connectivity index (χ0n) is 10.8. The number of carboxylic acids is 1. The van der Waals surface area contributed by atoms with Crippen molar-refractivity contribution in [3.63, 3.8) is 0 Å². The van der Waals surface area contributed by atoms with Gasteiger partial charge in [-0.2, -0.15) is 4.98 Å². The standard InChI is InChI=1S/C12H17N3O4/c1-2-3-10-13-9(14-19-10)7-15-6-8(12(17)18)4-5-11(15)16/h8H,2-7H2,1H3,(H,17,18). The molecule has 0 saturated carbocycles. The number of amides is 1. The Bertz CT molecular complexity index is 471. The van der Waals surface area contributed by atoms with Gasteiger partial charge in [-0.15, -0.1) is 0 Å². The normalized spacial score (nSPS) is 19.7. The molecule has 0 radical (unpaired) electrons. The van der Waals surface area contributed by atoms with Gasteiger partial charge in [0.05, 0.1) is 12.5 Å². The summed E-state index contributed by atoms with van der Waals surface area (Å²) < 4.78 is 5.04. The Balaban J connectivity index is 1.99. The van der Waals surface area contributed by atoms with Gasteiger partial charge < -0.3 is 14.5 Å². The highest BCUT2D eigenvalue weighted by Crippen LogP contribution is 2.19. The van der Waals surface area contributed by atoms with Crippen molar-refractivity contribution in [3.05, 3.63) is 11.7 Å². The lowest BCUT2D eigenvalue weighted by molar-refractivity contribution is -0.147. The minimum atomic E-state index is -0.864. The smallest absolute Gasteiger partial charge is 0.308 e. The Kier molecular flexibility index (Phi) is 4.13. The number of carbonyl (C=O) groups excluding carboxylic acids is 1. The number of hydrogen-bond donors (Lipinski definition) is 1. The van der Waals surface area contributed by atoms with E-state index in [-0.39, 0.29) is 25.4 Å². The molecule has 1 fully saturated rings. The molecule has 0 bridgehead atoms. The van der Waals surface area contributed by atoms with Crippen LogP contribution in [0, 0.1) is 5.92 Å². The van der Waals surface area contributed by atoms with E-state index in [2.05, 4.69) is 10.1 Å². The van der Waals surface area contributed by atoms with E-state index in [4.69, 9.17) is 9.63 Å². The molecular formula is C12H17N3O4. The first-order valence-corrected chi connectivity index (χ1v) is 6.42. The molecule has 7 nitrogen and oxygen atoms in total. The molecule has 1 unspecified atom stereocenters. The van der Waals surface area contributed by atoms with E-state index in [9.17, 15) is 9.59 Å². The summed E-state index contributed by atoms with van der Waals surface area (Å²) in [4.78, 5) is 28.4. The van der Waals surface area contributed by atoms with Crippen molar-refractivity contribution >= 4 is 11.9 Å². The number of hydrogen-bond acceptors (Lipinski definition) is 5. The van der Waals surface area contributed by atoms with E-state index < -0.39 is 11.9 Å². The van der Waals surface area contributed by atoms with Crippen molar-refractivity contribution in [2.24, 2.45) is 5.92 Å². The summed E-state index contributed by atoms with van der Waals surface area (Å²) in [7, 11) is 0. The summed E-state index contributed by atoms with van der Waals surface area (Å²) in [5.74, 6) is -0.434. The first kappa shape index (κ1) is 13.5. The lowest BCUT2D eigenvalue weighted by Crippen LogP contribution is -2.42. The van der Waals surface area contributed by atoms with Crippen LogP contribution in [0.1, 0.15) is 37.9 Å². The lowest BCUT2D eigenvalue weighted by atomic mass is 9.98. The second-order valence-corrected chi connectivity index (χ2v) is 4.70. The van der Waals surface area contributed by atoms with Crippen molar-refractivity contribution in [1.29, 1.82) is 0 Å². The Morgan fingerprint density at radius 2 is 2.37 bits per heavy atom. The van der Waals surface area contributed by atoms with Crippen LogP contribution in [0.5, 0.6) is 0 Å². The van der Waals surface area contributed by atoms with Gasteiger partial charge >= 0.3 is 5.97 Å². The molecule has 1 aliphatic heterocycles. The van der Waals surface area contributed by atoms with Crippen LogP contribution >= 0.6 is 0 Å². The molecule has 0 aromatic carbocycles. The van der Waals surface area contributed by atoms with Crippen molar-refractivity contribution in [2.45, 2.75) is 39.2 Å². The fourth-order valence-corrected chi connectivity index (χ4v) is 2.11. The van der Waals surface area contributed by atoms with E-state index in [0.29, 0.717) is 24.6 Å². The number of aromatic nitrogens is 2. The molecule has 19 heavy (non-hydrogen) atoms. The molecule has 1 aromatic heterocycles. The van der Waals surface area contributed by atoms with E-state index in [1.807, 2.05) is 6.92 Å². The number of carboxylic acid groups (broad SMARTS) is 1. The maximum absolute atomic E-state index is 11.7. The molecular weight excluding hydrogens is 250 g/mol. The summed E-state index contributed by atoms with van der Waals surface area (Å²) in [6.45, 7) is 2.44. The van der Waals surface area contributed by atoms with E-state index in [1.165, 1.54) is 4.90 Å². The number of aryl methyl sites for hydroxylation is 1. The van der Waals surface area contributed by atoms with Crippen molar-refractivity contribution in [3.8, 4) is 0 Å². The van der Waals surface area contributed by atoms with Crippen LogP contribution in [0.25, 0.3) is 0 Å². The summed E-state index contributed by atoms with van der Waals surface area (Å²) in [6.07, 6.45) is 2.28. The summed E-state index contributed by atoms with van der Waals surface area (Å²) in [5.41, 5.74) is 0. The van der Waals surface area contributed by atoms with Crippen LogP contribution < -0.4 is 0 Å². The molecule has 7 heteroatoms. The highest BCUT2D eigenvalue weighted by Gasteiger charge is 2.30. The Morgan fingerprint density at radius 1 is 1.58 bits per heavy atom. The molecule has 1 atom stereocenters. The number of rotatable bonds is 5. The predicted molar refractivity (Wildman–Crippen MR) is 64.1 cm³/mol. The second-order valence-electron chi connectivity index (χ2n) is 4.70. The number of likely N-dealkylation sites (tertiary alicyclic amines) is 1. The van der Waals surface area contributed by atoms with E-state index in [0.717, 1.165) is 6.42 Å². The van der Waals surface area contributed by atoms with Gasteiger partial charge in [0.25, 0.3) is 0 Å². The van der Waals surface area contributed by atoms with Gasteiger partial charge in [-0.05, 0) is 12.8 Å². The topological polar surface area (TPSA) is 96.5 Å². The van der Waals surface area contributed by atoms with Crippen LogP contribution in [-0.2, 0) is 22.6 Å². The molecule has 1 aromatic rings. The first-order chi connectivity index (χ1) is 9.10. The average molecular weight is 267 g/mol. The predicted octanol–water partition coefficient (Wildman–Crippen LogP) is 0.845. The lowest BCUT2D eigenvalue weighted by Gasteiger charge is -2.29. The monoisotopic (exact) mass is 267 g/mol. The number of aliphatic carboxylic acids is 1. The van der Waals surface area contributed by atoms with Crippen molar-refractivity contribution in [1.82, 2.24) is 15.0 Å². The van der Waals surface area contributed by atoms with Crippen molar-refractivity contribution in [2.75, 3.05) is 6.54 Å². The Labute approximate surface area is 110 Å².